The minimum Gasteiger partial charge on any atom is -0.481 e. The van der Waals surface area contributed by atoms with E-state index in [1.54, 1.807) is 18.1 Å². The molecule has 1 amide bonds. The molecule has 0 fully saturated rings. The summed E-state index contributed by atoms with van der Waals surface area (Å²) in [5, 5.41) is 7.44. The maximum atomic E-state index is 12.4. The lowest BCUT2D eigenvalue weighted by Gasteiger charge is -2.19. The summed E-state index contributed by atoms with van der Waals surface area (Å²) in [6.45, 7) is 1.23. The van der Waals surface area contributed by atoms with E-state index in [-0.39, 0.29) is 5.91 Å². The smallest absolute Gasteiger partial charge is 0.255 e. The predicted octanol–water partition coefficient (Wildman–Crippen LogP) is 0.516. The average molecular weight is 285 g/mol. The van der Waals surface area contributed by atoms with Gasteiger partial charge < -0.3 is 9.64 Å². The number of aromatic nitrogens is 4. The second kappa shape index (κ2) is 5.82. The number of carbonyl (C=O) groups excluding carboxylic acids is 1. The Hall–Kier alpha value is -2.57. The maximum Gasteiger partial charge on any atom is 0.255 e. The number of fused-ring (bicyclic) bond motifs is 1. The van der Waals surface area contributed by atoms with Gasteiger partial charge in [0.15, 0.2) is 0 Å². The molecule has 3 heterocycles. The molecule has 1 aliphatic rings. The molecule has 108 valence electrons. The summed E-state index contributed by atoms with van der Waals surface area (Å²) in [4.78, 5) is 22.7. The number of methoxy groups -OCH3 is 1. The number of rotatable bonds is 2. The van der Waals surface area contributed by atoms with Crippen molar-refractivity contribution >= 4 is 5.91 Å². The van der Waals surface area contributed by atoms with Crippen molar-refractivity contribution < 1.29 is 9.53 Å². The molecule has 21 heavy (non-hydrogen) atoms. The Morgan fingerprint density at radius 2 is 2.10 bits per heavy atom. The Bertz CT molecular complexity index is 647. The first-order valence-electron chi connectivity index (χ1n) is 6.72. The average Bonchev–Trinajstić information content (AvgIpc) is 2.77. The van der Waals surface area contributed by atoms with Gasteiger partial charge in [0.2, 0.25) is 5.88 Å². The SMILES string of the molecule is COc1ncnc2c1CCN(C(=O)c1ccnnc1)CC2. The largest absolute Gasteiger partial charge is 0.481 e. The summed E-state index contributed by atoms with van der Waals surface area (Å²) in [7, 11) is 1.60. The molecule has 0 saturated heterocycles. The van der Waals surface area contributed by atoms with Crippen molar-refractivity contribution in [3.8, 4) is 5.88 Å². The molecule has 0 bridgehead atoms. The van der Waals surface area contributed by atoms with E-state index in [1.807, 2.05) is 0 Å². The number of hydrogen-bond donors (Lipinski definition) is 0. The van der Waals surface area contributed by atoms with Crippen molar-refractivity contribution in [2.45, 2.75) is 12.8 Å². The Morgan fingerprint density at radius 3 is 2.86 bits per heavy atom. The highest BCUT2D eigenvalue weighted by Crippen LogP contribution is 2.22. The third-order valence-electron chi connectivity index (χ3n) is 3.56. The number of carbonyl (C=O) groups is 1. The quantitative estimate of drug-likeness (QED) is 0.800. The first-order valence-corrected chi connectivity index (χ1v) is 6.72. The number of amides is 1. The van der Waals surface area contributed by atoms with Crippen LogP contribution in [-0.2, 0) is 12.8 Å². The van der Waals surface area contributed by atoms with Gasteiger partial charge in [0.1, 0.15) is 6.33 Å². The van der Waals surface area contributed by atoms with Gasteiger partial charge in [-0.2, -0.15) is 10.2 Å². The molecular weight excluding hydrogens is 270 g/mol. The van der Waals surface area contributed by atoms with E-state index in [1.165, 1.54) is 18.7 Å². The monoisotopic (exact) mass is 285 g/mol. The molecule has 0 atom stereocenters. The standard InChI is InChI=1S/C14H15N5O2/c1-21-13-11-3-6-19(7-4-12(11)15-9-16-13)14(20)10-2-5-17-18-8-10/h2,5,8-9H,3-4,6-7H2,1H3. The molecule has 0 aromatic carbocycles. The first kappa shape index (κ1) is 13.4. The van der Waals surface area contributed by atoms with Crippen molar-refractivity contribution in [1.82, 2.24) is 25.1 Å². The van der Waals surface area contributed by atoms with E-state index in [9.17, 15) is 4.79 Å². The molecular formula is C14H15N5O2. The van der Waals surface area contributed by atoms with Crippen LogP contribution in [0.4, 0.5) is 0 Å². The highest BCUT2D eigenvalue weighted by Gasteiger charge is 2.22. The van der Waals surface area contributed by atoms with Crippen molar-refractivity contribution in [3.05, 3.63) is 41.6 Å². The summed E-state index contributed by atoms with van der Waals surface area (Å²) in [5.74, 6) is 0.560. The zero-order chi connectivity index (χ0) is 14.7. The van der Waals surface area contributed by atoms with E-state index in [2.05, 4.69) is 20.2 Å². The van der Waals surface area contributed by atoms with Crippen LogP contribution in [0.25, 0.3) is 0 Å². The van der Waals surface area contributed by atoms with Crippen LogP contribution < -0.4 is 4.74 Å². The van der Waals surface area contributed by atoms with Crippen LogP contribution >= 0.6 is 0 Å². The molecule has 2 aromatic rings. The molecule has 0 aliphatic carbocycles. The van der Waals surface area contributed by atoms with Gasteiger partial charge in [0, 0.05) is 25.1 Å². The third kappa shape index (κ3) is 2.67. The zero-order valence-electron chi connectivity index (χ0n) is 11.7. The van der Waals surface area contributed by atoms with E-state index in [0.717, 1.165) is 11.3 Å². The van der Waals surface area contributed by atoms with Crippen LogP contribution in [0.15, 0.2) is 24.8 Å². The van der Waals surface area contributed by atoms with E-state index in [4.69, 9.17) is 4.74 Å². The Labute approximate surface area is 122 Å². The van der Waals surface area contributed by atoms with Crippen LogP contribution in [0, 0.1) is 0 Å². The minimum atomic E-state index is -0.0374. The second-order valence-electron chi connectivity index (χ2n) is 4.73. The molecule has 0 spiro atoms. The maximum absolute atomic E-state index is 12.4. The van der Waals surface area contributed by atoms with E-state index in [0.29, 0.717) is 37.4 Å². The lowest BCUT2D eigenvalue weighted by molar-refractivity contribution is 0.0762. The Kier molecular flexibility index (Phi) is 3.72. The zero-order valence-corrected chi connectivity index (χ0v) is 11.7. The number of hydrogen-bond acceptors (Lipinski definition) is 6. The lowest BCUT2D eigenvalue weighted by Crippen LogP contribution is -2.33. The van der Waals surface area contributed by atoms with Crippen molar-refractivity contribution in [3.63, 3.8) is 0 Å². The molecule has 0 N–H and O–H groups in total. The van der Waals surface area contributed by atoms with Crippen LogP contribution in [0.2, 0.25) is 0 Å². The van der Waals surface area contributed by atoms with Crippen LogP contribution in [0.3, 0.4) is 0 Å². The van der Waals surface area contributed by atoms with Gasteiger partial charge in [-0.25, -0.2) is 9.97 Å². The highest BCUT2D eigenvalue weighted by molar-refractivity contribution is 5.93. The van der Waals surface area contributed by atoms with Crippen molar-refractivity contribution in [1.29, 1.82) is 0 Å². The fourth-order valence-corrected chi connectivity index (χ4v) is 2.48. The highest BCUT2D eigenvalue weighted by atomic mass is 16.5. The van der Waals surface area contributed by atoms with Gasteiger partial charge in [-0.1, -0.05) is 0 Å². The van der Waals surface area contributed by atoms with Gasteiger partial charge in [-0.15, -0.1) is 0 Å². The molecule has 0 unspecified atom stereocenters. The van der Waals surface area contributed by atoms with Crippen LogP contribution in [-0.4, -0.2) is 51.2 Å². The predicted molar refractivity (Wildman–Crippen MR) is 73.9 cm³/mol. The summed E-state index contributed by atoms with van der Waals surface area (Å²) in [6, 6.07) is 1.67. The van der Waals surface area contributed by atoms with Crippen LogP contribution in [0.1, 0.15) is 21.6 Å². The number of ether oxygens (including phenoxy) is 1. The Balaban J connectivity index is 1.80. The summed E-state index contributed by atoms with van der Waals surface area (Å²) >= 11 is 0. The van der Waals surface area contributed by atoms with E-state index >= 15 is 0 Å². The number of nitrogens with zero attached hydrogens (tertiary/aromatic N) is 5. The second-order valence-corrected chi connectivity index (χ2v) is 4.73. The molecule has 2 aromatic heterocycles. The van der Waals surface area contributed by atoms with Gasteiger partial charge in [0.25, 0.3) is 5.91 Å². The molecule has 1 aliphatic heterocycles. The summed E-state index contributed by atoms with van der Waals surface area (Å²) < 4.78 is 5.28. The molecule has 0 saturated carbocycles. The minimum absolute atomic E-state index is 0.0374. The van der Waals surface area contributed by atoms with Gasteiger partial charge in [-0.05, 0) is 12.5 Å². The Morgan fingerprint density at radius 1 is 1.24 bits per heavy atom. The van der Waals surface area contributed by atoms with Gasteiger partial charge >= 0.3 is 0 Å². The first-order chi connectivity index (χ1) is 10.3. The summed E-state index contributed by atoms with van der Waals surface area (Å²) in [6.07, 6.45) is 5.89. The summed E-state index contributed by atoms with van der Waals surface area (Å²) in [5.41, 5.74) is 2.49. The van der Waals surface area contributed by atoms with Crippen molar-refractivity contribution in [2.75, 3.05) is 20.2 Å². The van der Waals surface area contributed by atoms with Gasteiger partial charge in [0.05, 0.1) is 30.8 Å². The van der Waals surface area contributed by atoms with Crippen molar-refractivity contribution in [2.24, 2.45) is 0 Å². The fraction of sp³-hybridized carbons (Fsp3) is 0.357. The molecule has 7 nitrogen and oxygen atoms in total. The molecule has 0 radical (unpaired) electrons. The third-order valence-corrected chi connectivity index (χ3v) is 3.56. The lowest BCUT2D eigenvalue weighted by atomic mass is 10.1. The van der Waals surface area contributed by atoms with E-state index < -0.39 is 0 Å². The van der Waals surface area contributed by atoms with Crippen LogP contribution in [0.5, 0.6) is 5.88 Å². The fourth-order valence-electron chi connectivity index (χ4n) is 2.48. The molecule has 3 rings (SSSR count). The normalized spacial score (nSPS) is 14.2. The molecule has 7 heteroatoms. The van der Waals surface area contributed by atoms with Gasteiger partial charge in [-0.3, -0.25) is 4.79 Å². The topological polar surface area (TPSA) is 81.1 Å².